The minimum absolute atomic E-state index is 0.0368. The molecule has 0 saturated heterocycles. The van der Waals surface area contributed by atoms with Crippen molar-refractivity contribution in [3.8, 4) is 17.2 Å². The SMILES string of the molecule is COc1ccc(C(=O)O[C@@H](C)C(=O)Nc2ccc3c(c2)OCCO3)cc1S(=O)(=O)N(C)C. The van der Waals surface area contributed by atoms with Crippen LogP contribution in [0.25, 0.3) is 0 Å². The van der Waals surface area contributed by atoms with Gasteiger partial charge in [-0.1, -0.05) is 0 Å². The maximum atomic E-state index is 12.6. The number of methoxy groups -OCH3 is 1. The molecule has 1 aliphatic heterocycles. The Kier molecular flexibility index (Phi) is 6.90. The first-order valence-corrected chi connectivity index (χ1v) is 11.1. The molecule has 0 aromatic heterocycles. The zero-order valence-corrected chi connectivity index (χ0v) is 18.9. The number of anilines is 1. The van der Waals surface area contributed by atoms with E-state index >= 15 is 0 Å². The molecule has 10 nitrogen and oxygen atoms in total. The number of sulfonamides is 1. The summed E-state index contributed by atoms with van der Waals surface area (Å²) < 4.78 is 47.3. The van der Waals surface area contributed by atoms with Crippen LogP contribution in [0.15, 0.2) is 41.3 Å². The summed E-state index contributed by atoms with van der Waals surface area (Å²) in [5, 5.41) is 2.64. The maximum Gasteiger partial charge on any atom is 0.338 e. The fourth-order valence-electron chi connectivity index (χ4n) is 2.85. The van der Waals surface area contributed by atoms with Gasteiger partial charge in [0.2, 0.25) is 10.0 Å². The minimum atomic E-state index is -3.87. The van der Waals surface area contributed by atoms with Crippen LogP contribution in [0.2, 0.25) is 0 Å². The first-order chi connectivity index (χ1) is 15.1. The highest BCUT2D eigenvalue weighted by atomic mass is 32.2. The number of fused-ring (bicyclic) bond motifs is 1. The molecule has 0 spiro atoms. The zero-order chi connectivity index (χ0) is 23.5. The van der Waals surface area contributed by atoms with Gasteiger partial charge < -0.3 is 24.3 Å². The smallest absolute Gasteiger partial charge is 0.338 e. The van der Waals surface area contributed by atoms with Crippen molar-refractivity contribution < 1.29 is 37.0 Å². The van der Waals surface area contributed by atoms with E-state index in [1.54, 1.807) is 18.2 Å². The molecular formula is C21H24N2O8S. The van der Waals surface area contributed by atoms with Gasteiger partial charge >= 0.3 is 5.97 Å². The molecule has 2 aromatic carbocycles. The third-order valence-electron chi connectivity index (χ3n) is 4.62. The molecule has 0 radical (unpaired) electrons. The van der Waals surface area contributed by atoms with E-state index in [2.05, 4.69) is 5.32 Å². The molecule has 0 bridgehead atoms. The number of carbonyl (C=O) groups is 2. The summed E-state index contributed by atoms with van der Waals surface area (Å²) >= 11 is 0. The highest BCUT2D eigenvalue weighted by Gasteiger charge is 2.26. The number of carbonyl (C=O) groups excluding carboxylic acids is 2. The summed E-state index contributed by atoms with van der Waals surface area (Å²) in [6.45, 7) is 2.27. The third kappa shape index (κ3) is 4.94. The second kappa shape index (κ2) is 9.45. The summed E-state index contributed by atoms with van der Waals surface area (Å²) in [6.07, 6.45) is -1.15. The maximum absolute atomic E-state index is 12.6. The lowest BCUT2D eigenvalue weighted by Gasteiger charge is -2.19. The molecule has 1 aliphatic rings. The van der Waals surface area contributed by atoms with E-state index in [4.69, 9.17) is 18.9 Å². The van der Waals surface area contributed by atoms with Crippen LogP contribution in [-0.2, 0) is 19.6 Å². The Morgan fingerprint density at radius 3 is 2.41 bits per heavy atom. The van der Waals surface area contributed by atoms with Crippen molar-refractivity contribution in [1.29, 1.82) is 0 Å². The molecule has 1 atom stereocenters. The molecule has 1 heterocycles. The van der Waals surface area contributed by atoms with Crippen molar-refractivity contribution in [3.05, 3.63) is 42.0 Å². The van der Waals surface area contributed by atoms with Crippen LogP contribution in [-0.4, -0.2) is 65.1 Å². The molecule has 1 amide bonds. The summed E-state index contributed by atoms with van der Waals surface area (Å²) in [6, 6.07) is 8.80. The lowest BCUT2D eigenvalue weighted by atomic mass is 10.2. The second-order valence-corrected chi connectivity index (χ2v) is 9.17. The summed E-state index contributed by atoms with van der Waals surface area (Å²) in [7, 11) is 0.186. The third-order valence-corrected chi connectivity index (χ3v) is 6.46. The number of hydrogen-bond acceptors (Lipinski definition) is 8. The van der Waals surface area contributed by atoms with Crippen LogP contribution in [0, 0.1) is 0 Å². The summed E-state index contributed by atoms with van der Waals surface area (Å²) in [4.78, 5) is 24.9. The zero-order valence-electron chi connectivity index (χ0n) is 18.1. The first-order valence-electron chi connectivity index (χ1n) is 9.65. The second-order valence-electron chi connectivity index (χ2n) is 7.05. The first kappa shape index (κ1) is 23.4. The summed E-state index contributed by atoms with van der Waals surface area (Å²) in [5.41, 5.74) is 0.413. The summed E-state index contributed by atoms with van der Waals surface area (Å²) in [5.74, 6) is -0.250. The van der Waals surface area contributed by atoms with Gasteiger partial charge in [0, 0.05) is 25.8 Å². The van der Waals surface area contributed by atoms with Gasteiger partial charge in [0.15, 0.2) is 17.6 Å². The highest BCUT2D eigenvalue weighted by Crippen LogP contribution is 2.32. The largest absolute Gasteiger partial charge is 0.495 e. The number of esters is 1. The van der Waals surface area contributed by atoms with Crippen molar-refractivity contribution >= 4 is 27.6 Å². The van der Waals surface area contributed by atoms with Crippen molar-refractivity contribution in [2.75, 3.05) is 39.7 Å². The average molecular weight is 464 g/mol. The Morgan fingerprint density at radius 2 is 1.75 bits per heavy atom. The molecule has 11 heteroatoms. The molecule has 0 saturated carbocycles. The van der Waals surface area contributed by atoms with E-state index in [-0.39, 0.29) is 16.2 Å². The van der Waals surface area contributed by atoms with Crippen LogP contribution in [0.3, 0.4) is 0 Å². The predicted octanol–water partition coefficient (Wildman–Crippen LogP) is 1.90. The van der Waals surface area contributed by atoms with E-state index in [1.807, 2.05) is 0 Å². The van der Waals surface area contributed by atoms with Gasteiger partial charge in [-0.25, -0.2) is 17.5 Å². The van der Waals surface area contributed by atoms with Gasteiger partial charge in [0.05, 0.1) is 12.7 Å². The van der Waals surface area contributed by atoms with E-state index in [9.17, 15) is 18.0 Å². The Bertz CT molecular complexity index is 1130. The lowest BCUT2D eigenvalue weighted by Crippen LogP contribution is -2.30. The molecule has 172 valence electrons. The van der Waals surface area contributed by atoms with Crippen LogP contribution in [0.1, 0.15) is 17.3 Å². The predicted molar refractivity (Wildman–Crippen MR) is 115 cm³/mol. The van der Waals surface area contributed by atoms with Crippen molar-refractivity contribution in [2.24, 2.45) is 0 Å². The topological polar surface area (TPSA) is 120 Å². The molecule has 2 aromatic rings. The van der Waals surface area contributed by atoms with Crippen LogP contribution in [0.5, 0.6) is 17.2 Å². The highest BCUT2D eigenvalue weighted by molar-refractivity contribution is 7.89. The molecule has 3 rings (SSSR count). The number of benzene rings is 2. The normalized spacial score (nSPS) is 13.9. The van der Waals surface area contributed by atoms with Gasteiger partial charge in [-0.3, -0.25) is 4.79 Å². The monoisotopic (exact) mass is 464 g/mol. The molecule has 1 N–H and O–H groups in total. The van der Waals surface area contributed by atoms with Gasteiger partial charge in [0.25, 0.3) is 5.91 Å². The fraction of sp³-hybridized carbons (Fsp3) is 0.333. The number of nitrogens with one attached hydrogen (secondary N) is 1. The van der Waals surface area contributed by atoms with Crippen LogP contribution >= 0.6 is 0 Å². The Hall–Kier alpha value is -3.31. The van der Waals surface area contributed by atoms with E-state index in [1.165, 1.54) is 40.3 Å². The fourth-order valence-corrected chi connectivity index (χ4v) is 3.92. The van der Waals surface area contributed by atoms with Crippen molar-refractivity contribution in [1.82, 2.24) is 4.31 Å². The average Bonchev–Trinajstić information content (AvgIpc) is 2.78. The molecule has 0 fully saturated rings. The quantitative estimate of drug-likeness (QED) is 0.617. The van der Waals surface area contributed by atoms with E-state index < -0.39 is 28.0 Å². The standard InChI is InChI=1S/C21H24N2O8S/c1-13(20(24)22-15-6-8-16-18(12-15)30-10-9-29-16)31-21(25)14-5-7-17(28-4)19(11-14)32(26,27)23(2)3/h5-8,11-13H,9-10H2,1-4H3,(H,22,24)/t13-/m0/s1. The van der Waals surface area contributed by atoms with Gasteiger partial charge in [-0.05, 0) is 37.3 Å². The molecule has 32 heavy (non-hydrogen) atoms. The van der Waals surface area contributed by atoms with Crippen molar-refractivity contribution in [2.45, 2.75) is 17.9 Å². The molecular weight excluding hydrogens is 440 g/mol. The number of ether oxygens (including phenoxy) is 4. The van der Waals surface area contributed by atoms with E-state index in [0.717, 1.165) is 10.4 Å². The number of amides is 1. The van der Waals surface area contributed by atoms with Gasteiger partial charge in [-0.15, -0.1) is 0 Å². The minimum Gasteiger partial charge on any atom is -0.495 e. The van der Waals surface area contributed by atoms with Gasteiger partial charge in [0.1, 0.15) is 23.9 Å². The Balaban J connectivity index is 1.72. The lowest BCUT2D eigenvalue weighted by molar-refractivity contribution is -0.123. The van der Waals surface area contributed by atoms with Gasteiger partial charge in [-0.2, -0.15) is 0 Å². The number of hydrogen-bond donors (Lipinski definition) is 1. The Labute approximate surface area is 186 Å². The number of nitrogens with zero attached hydrogens (tertiary/aromatic N) is 1. The Morgan fingerprint density at radius 1 is 1.06 bits per heavy atom. The van der Waals surface area contributed by atoms with Crippen LogP contribution in [0.4, 0.5) is 5.69 Å². The van der Waals surface area contributed by atoms with Crippen LogP contribution < -0.4 is 19.5 Å². The number of rotatable bonds is 7. The molecule has 0 aliphatic carbocycles. The van der Waals surface area contributed by atoms with Crippen molar-refractivity contribution in [3.63, 3.8) is 0 Å². The molecule has 0 unspecified atom stereocenters. The van der Waals surface area contributed by atoms with E-state index in [0.29, 0.717) is 30.4 Å².